The highest BCUT2D eigenvalue weighted by Gasteiger charge is 2.53. The van der Waals surface area contributed by atoms with E-state index in [1.807, 2.05) is 18.2 Å². The van der Waals surface area contributed by atoms with Gasteiger partial charge in [-0.1, -0.05) is 18.2 Å². The van der Waals surface area contributed by atoms with Gasteiger partial charge >= 0.3 is 0 Å². The molecule has 4 rings (SSSR count). The number of anilines is 1. The number of nitrogens with zero attached hydrogens (tertiary/aromatic N) is 1. The van der Waals surface area contributed by atoms with Crippen molar-refractivity contribution in [3.63, 3.8) is 0 Å². The van der Waals surface area contributed by atoms with Crippen molar-refractivity contribution in [2.24, 2.45) is 0 Å². The first-order chi connectivity index (χ1) is 9.16. The van der Waals surface area contributed by atoms with Crippen LogP contribution in [0.2, 0.25) is 0 Å². The zero-order valence-electron chi connectivity index (χ0n) is 10.6. The molecular formula is C14H15N3O2. The van der Waals surface area contributed by atoms with E-state index < -0.39 is 6.04 Å². The van der Waals surface area contributed by atoms with Gasteiger partial charge in [0.25, 0.3) is 0 Å². The Morgan fingerprint density at radius 3 is 2.84 bits per heavy atom. The average molecular weight is 257 g/mol. The number of carbonyl (C=O) groups excluding carboxylic acids is 2. The van der Waals surface area contributed by atoms with Gasteiger partial charge in [-0.25, -0.2) is 0 Å². The monoisotopic (exact) mass is 257 g/mol. The molecule has 2 N–H and O–H groups in total. The fourth-order valence-electron chi connectivity index (χ4n) is 3.57. The Morgan fingerprint density at radius 1 is 1.21 bits per heavy atom. The highest BCUT2D eigenvalue weighted by Crippen LogP contribution is 2.46. The second-order valence-electron chi connectivity index (χ2n) is 5.51. The number of hydrogen-bond acceptors (Lipinski definition) is 3. The van der Waals surface area contributed by atoms with Crippen LogP contribution in [0.5, 0.6) is 0 Å². The van der Waals surface area contributed by atoms with E-state index in [9.17, 15) is 9.59 Å². The minimum Gasteiger partial charge on any atom is -0.364 e. The highest BCUT2D eigenvalue weighted by molar-refractivity contribution is 5.98. The summed E-state index contributed by atoms with van der Waals surface area (Å²) in [6, 6.07) is 7.35. The molecule has 1 aromatic rings. The van der Waals surface area contributed by atoms with Gasteiger partial charge in [0.2, 0.25) is 11.8 Å². The van der Waals surface area contributed by atoms with E-state index in [0.717, 1.165) is 5.69 Å². The molecular weight excluding hydrogens is 242 g/mol. The molecule has 98 valence electrons. The Morgan fingerprint density at radius 2 is 2.00 bits per heavy atom. The minimum absolute atomic E-state index is 0.0115. The Hall–Kier alpha value is -2.04. The maximum atomic E-state index is 12.3. The average Bonchev–Trinajstić information content (AvgIpc) is 2.92. The Labute approximate surface area is 111 Å². The van der Waals surface area contributed by atoms with E-state index in [-0.39, 0.29) is 29.9 Å². The molecule has 2 amide bonds. The van der Waals surface area contributed by atoms with Gasteiger partial charge < -0.3 is 15.5 Å². The summed E-state index contributed by atoms with van der Waals surface area (Å²) in [5, 5.41) is 6.15. The van der Waals surface area contributed by atoms with Crippen LogP contribution in [0, 0.1) is 0 Å². The van der Waals surface area contributed by atoms with Crippen LogP contribution in [0.15, 0.2) is 24.3 Å². The summed E-state index contributed by atoms with van der Waals surface area (Å²) >= 11 is 0. The van der Waals surface area contributed by atoms with Crippen molar-refractivity contribution in [3.8, 4) is 0 Å². The van der Waals surface area contributed by atoms with Crippen molar-refractivity contribution < 1.29 is 9.59 Å². The van der Waals surface area contributed by atoms with Crippen molar-refractivity contribution in [3.05, 3.63) is 29.8 Å². The third kappa shape index (κ3) is 1.30. The standard InChI is InChI=1S/C14H15N3O2/c1-7-14(19)17-11(13(18)15-7)6-9-8-4-2-3-5-10(8)16-12(9)17/h2-5,7,9,11-12,16H,6H2,1H3,(H,15,18)/t7-,9+,11+,12+/m0/s1. The van der Waals surface area contributed by atoms with Gasteiger partial charge in [-0.05, 0) is 25.0 Å². The summed E-state index contributed by atoms with van der Waals surface area (Å²) in [5.41, 5.74) is 2.30. The third-order valence-corrected chi connectivity index (χ3v) is 4.44. The predicted octanol–water partition coefficient (Wildman–Crippen LogP) is 0.641. The quantitative estimate of drug-likeness (QED) is 0.717. The van der Waals surface area contributed by atoms with Gasteiger partial charge in [-0.2, -0.15) is 0 Å². The van der Waals surface area contributed by atoms with Gasteiger partial charge in [0.05, 0.1) is 0 Å². The molecule has 0 unspecified atom stereocenters. The van der Waals surface area contributed by atoms with E-state index in [0.29, 0.717) is 6.42 Å². The summed E-state index contributed by atoms with van der Waals surface area (Å²) < 4.78 is 0. The van der Waals surface area contributed by atoms with Gasteiger partial charge in [0.15, 0.2) is 0 Å². The van der Waals surface area contributed by atoms with E-state index in [4.69, 9.17) is 0 Å². The van der Waals surface area contributed by atoms with Crippen LogP contribution < -0.4 is 10.6 Å². The second-order valence-corrected chi connectivity index (χ2v) is 5.51. The van der Waals surface area contributed by atoms with Crippen LogP contribution >= 0.6 is 0 Å². The number of hydrogen-bond donors (Lipinski definition) is 2. The maximum Gasteiger partial charge on any atom is 0.247 e. The minimum atomic E-state index is -0.423. The van der Waals surface area contributed by atoms with Crippen molar-refractivity contribution in [2.75, 3.05) is 5.32 Å². The molecule has 5 heteroatoms. The van der Waals surface area contributed by atoms with E-state index in [1.54, 1.807) is 11.8 Å². The highest BCUT2D eigenvalue weighted by atomic mass is 16.2. The van der Waals surface area contributed by atoms with Crippen molar-refractivity contribution >= 4 is 17.5 Å². The molecule has 0 aliphatic carbocycles. The van der Waals surface area contributed by atoms with Crippen LogP contribution in [-0.2, 0) is 9.59 Å². The number of fused-ring (bicyclic) bond motifs is 5. The first-order valence-electron chi connectivity index (χ1n) is 6.65. The van der Waals surface area contributed by atoms with Gasteiger partial charge in [-0.15, -0.1) is 0 Å². The molecule has 2 fully saturated rings. The summed E-state index contributed by atoms with van der Waals surface area (Å²) in [5.74, 6) is 0.208. The molecule has 0 spiro atoms. The molecule has 0 aromatic heterocycles. The number of carbonyl (C=O) groups is 2. The Bertz CT molecular complexity index is 586. The van der Waals surface area contributed by atoms with Crippen molar-refractivity contribution in [1.82, 2.24) is 10.2 Å². The molecule has 0 radical (unpaired) electrons. The van der Waals surface area contributed by atoms with Gasteiger partial charge in [-0.3, -0.25) is 9.59 Å². The molecule has 3 aliphatic rings. The lowest BCUT2D eigenvalue weighted by Gasteiger charge is -2.36. The fourth-order valence-corrected chi connectivity index (χ4v) is 3.57. The smallest absolute Gasteiger partial charge is 0.247 e. The fraction of sp³-hybridized carbons (Fsp3) is 0.429. The Balaban J connectivity index is 1.76. The summed E-state index contributed by atoms with van der Waals surface area (Å²) in [4.78, 5) is 26.1. The van der Waals surface area contributed by atoms with Gasteiger partial charge in [0, 0.05) is 11.6 Å². The molecule has 0 saturated carbocycles. The molecule has 4 atom stereocenters. The van der Waals surface area contributed by atoms with Crippen molar-refractivity contribution in [1.29, 1.82) is 0 Å². The molecule has 2 saturated heterocycles. The number of para-hydroxylation sites is 1. The number of nitrogens with one attached hydrogen (secondary N) is 2. The third-order valence-electron chi connectivity index (χ3n) is 4.44. The van der Waals surface area contributed by atoms with Crippen LogP contribution in [0.1, 0.15) is 24.8 Å². The Kier molecular flexibility index (Phi) is 2.00. The number of benzene rings is 1. The van der Waals surface area contributed by atoms with E-state index in [2.05, 4.69) is 16.7 Å². The lowest BCUT2D eigenvalue weighted by Crippen LogP contribution is -2.62. The van der Waals surface area contributed by atoms with Gasteiger partial charge in [0.1, 0.15) is 18.2 Å². The van der Waals surface area contributed by atoms with E-state index >= 15 is 0 Å². The molecule has 5 nitrogen and oxygen atoms in total. The van der Waals surface area contributed by atoms with Crippen LogP contribution in [-0.4, -0.2) is 35.0 Å². The number of amides is 2. The SMILES string of the molecule is C[C@@H]1NC(=O)[C@H]2C[C@@H]3c4ccccc4N[C@@H]3N2C1=O. The lowest BCUT2D eigenvalue weighted by molar-refractivity contribution is -0.148. The molecule has 3 aliphatic heterocycles. The van der Waals surface area contributed by atoms with Crippen LogP contribution in [0.25, 0.3) is 0 Å². The zero-order valence-corrected chi connectivity index (χ0v) is 10.6. The summed E-state index contributed by atoms with van der Waals surface area (Å²) in [7, 11) is 0. The molecule has 0 bridgehead atoms. The molecule has 19 heavy (non-hydrogen) atoms. The van der Waals surface area contributed by atoms with Crippen molar-refractivity contribution in [2.45, 2.75) is 37.5 Å². The van der Waals surface area contributed by atoms with E-state index in [1.165, 1.54) is 5.56 Å². The number of piperazine rings is 1. The normalized spacial score (nSPS) is 35.3. The van der Waals surface area contributed by atoms with Crippen LogP contribution in [0.4, 0.5) is 5.69 Å². The first kappa shape index (κ1) is 10.8. The number of rotatable bonds is 0. The summed E-state index contributed by atoms with van der Waals surface area (Å²) in [6.07, 6.45) is 0.641. The first-order valence-corrected chi connectivity index (χ1v) is 6.65. The zero-order chi connectivity index (χ0) is 13.1. The molecule has 1 aromatic carbocycles. The maximum absolute atomic E-state index is 12.3. The largest absolute Gasteiger partial charge is 0.364 e. The molecule has 3 heterocycles. The van der Waals surface area contributed by atoms with Crippen LogP contribution in [0.3, 0.4) is 0 Å². The predicted molar refractivity (Wildman–Crippen MR) is 69.4 cm³/mol. The lowest BCUT2D eigenvalue weighted by atomic mass is 9.96. The second kappa shape index (κ2) is 3.50. The summed E-state index contributed by atoms with van der Waals surface area (Å²) in [6.45, 7) is 1.74. The topological polar surface area (TPSA) is 61.4 Å².